The highest BCUT2D eigenvalue weighted by atomic mass is 32.2. The van der Waals surface area contributed by atoms with E-state index in [1.807, 2.05) is 24.3 Å². The molecular weight excluding hydrogens is 577 g/mol. The van der Waals surface area contributed by atoms with Crippen molar-refractivity contribution in [1.29, 1.82) is 0 Å². The average Bonchev–Trinajstić information content (AvgIpc) is 3.63. The number of nitrogens with one attached hydrogen (secondary N) is 3. The Morgan fingerprint density at radius 3 is 2.60 bits per heavy atom. The maximum Gasteiger partial charge on any atom is 0.406 e. The Labute approximate surface area is 253 Å². The number of aromatic nitrogens is 2. The molecule has 0 radical (unpaired) electrons. The molecule has 1 aliphatic rings. The lowest BCUT2D eigenvalue weighted by Gasteiger charge is -2.33. The number of methoxy groups -OCH3 is 1. The third-order valence-corrected chi connectivity index (χ3v) is 8.34. The van der Waals surface area contributed by atoms with E-state index < -0.39 is 12.7 Å². The van der Waals surface area contributed by atoms with Gasteiger partial charge in [0.25, 0.3) is 0 Å². The highest BCUT2D eigenvalue weighted by molar-refractivity contribution is 8.00. The van der Waals surface area contributed by atoms with Crippen LogP contribution in [0, 0.1) is 11.8 Å². The first kappa shape index (κ1) is 30.5. The summed E-state index contributed by atoms with van der Waals surface area (Å²) in [5.41, 5.74) is 2.38. The predicted octanol–water partition coefficient (Wildman–Crippen LogP) is 7.07. The molecule has 1 saturated carbocycles. The molecule has 4 aromatic rings. The van der Waals surface area contributed by atoms with E-state index in [-0.39, 0.29) is 12.6 Å². The Bertz CT molecular complexity index is 1570. The summed E-state index contributed by atoms with van der Waals surface area (Å²) in [7, 11) is 5.78. The predicted molar refractivity (Wildman–Crippen MR) is 166 cm³/mol. The van der Waals surface area contributed by atoms with E-state index in [9.17, 15) is 13.2 Å². The van der Waals surface area contributed by atoms with Crippen molar-refractivity contribution in [1.82, 2.24) is 14.6 Å². The second-order valence-electron chi connectivity index (χ2n) is 10.7. The average molecular weight is 613 g/mol. The van der Waals surface area contributed by atoms with Crippen molar-refractivity contribution in [3.63, 3.8) is 0 Å². The Morgan fingerprint density at radius 1 is 1.09 bits per heavy atom. The molecule has 2 aromatic carbocycles. The smallest absolute Gasteiger partial charge is 0.406 e. The van der Waals surface area contributed by atoms with Gasteiger partial charge in [0.15, 0.2) is 5.82 Å². The van der Waals surface area contributed by atoms with Gasteiger partial charge < -0.3 is 34.1 Å². The first-order valence-electron chi connectivity index (χ1n) is 14.1. The molecule has 0 saturated heterocycles. The zero-order valence-corrected chi connectivity index (χ0v) is 25.1. The number of fused-ring (bicyclic) bond motifs is 1. The molecule has 5 rings (SSSR count). The molecule has 0 amide bonds. The van der Waals surface area contributed by atoms with Crippen molar-refractivity contribution < 1.29 is 22.4 Å². The molecule has 0 bridgehead atoms. The van der Waals surface area contributed by atoms with Crippen LogP contribution in [0.25, 0.3) is 10.9 Å². The fourth-order valence-electron chi connectivity index (χ4n) is 5.35. The van der Waals surface area contributed by atoms with Crippen LogP contribution in [-0.4, -0.2) is 60.6 Å². The minimum atomic E-state index is -4.38. The van der Waals surface area contributed by atoms with E-state index in [1.165, 1.54) is 22.8 Å². The largest absolute Gasteiger partial charge is 0.495 e. The highest BCUT2D eigenvalue weighted by Gasteiger charge is 2.30. The first-order chi connectivity index (χ1) is 20.7. The minimum absolute atomic E-state index is 0.216. The number of rotatable bonds is 10. The molecule has 3 N–H and O–H groups in total. The van der Waals surface area contributed by atoms with Crippen LogP contribution < -0.4 is 20.1 Å². The van der Waals surface area contributed by atoms with Gasteiger partial charge in [-0.05, 0) is 94.0 Å². The van der Waals surface area contributed by atoms with Crippen LogP contribution in [0.3, 0.4) is 0 Å². The lowest BCUT2D eigenvalue weighted by atomic mass is 9.90. The molecule has 0 atom stereocenters. The fraction of sp³-hybridized carbons (Fsp3) is 0.387. The van der Waals surface area contributed by atoms with Crippen molar-refractivity contribution in [2.75, 3.05) is 43.1 Å². The minimum Gasteiger partial charge on any atom is -0.495 e. The zero-order chi connectivity index (χ0) is 30.4. The summed E-state index contributed by atoms with van der Waals surface area (Å²) in [6.45, 7) is -0.894. The van der Waals surface area contributed by atoms with Gasteiger partial charge in [0.05, 0.1) is 30.6 Å². The maximum absolute atomic E-state index is 13.6. The number of nitrogens with zero attached hydrogens (tertiary/aromatic N) is 3. The van der Waals surface area contributed by atoms with Crippen molar-refractivity contribution in [3.8, 4) is 17.6 Å². The van der Waals surface area contributed by atoms with Gasteiger partial charge in [-0.1, -0.05) is 17.1 Å². The standard InChI is InChI=1S/C31H35F3N6O2S/c1-39(2)22-11-9-21(10-12-22)36-26-7-4-8-28-25(26)18-23(40(28)20-31(32,33)34)6-5-16-35-27-14-13-24(19-29(27)41-3)43-38-30-15-17-42-37-30/h4,7-8,13-15,17-19,21-22,35-36H,9-12,16,20H2,1-3H3,(H,37,38). The number of hydrogen-bond donors (Lipinski definition) is 3. The number of halogens is 3. The van der Waals surface area contributed by atoms with Crippen LogP contribution in [0.1, 0.15) is 31.4 Å². The molecular formula is C31H35F3N6O2S. The Kier molecular flexibility index (Phi) is 9.62. The van der Waals surface area contributed by atoms with Crippen LogP contribution >= 0.6 is 11.9 Å². The molecule has 1 fully saturated rings. The number of ether oxygens (including phenoxy) is 1. The van der Waals surface area contributed by atoms with Gasteiger partial charge in [-0.25, -0.2) is 0 Å². The SMILES string of the molecule is COc1cc(SNc2ccon2)ccc1NCC#Cc1cc2c(NC3CCC(N(C)C)CC3)cccc2n1CC(F)(F)F. The number of alkyl halides is 3. The van der Waals surface area contributed by atoms with Gasteiger partial charge in [-0.2, -0.15) is 13.2 Å². The maximum atomic E-state index is 13.6. The van der Waals surface area contributed by atoms with Crippen molar-refractivity contribution in [3.05, 3.63) is 60.5 Å². The quantitative estimate of drug-likeness (QED) is 0.130. The van der Waals surface area contributed by atoms with Crippen molar-refractivity contribution >= 4 is 40.0 Å². The van der Waals surface area contributed by atoms with Crippen LogP contribution in [0.15, 0.2) is 64.2 Å². The molecule has 228 valence electrons. The number of benzene rings is 2. The van der Waals surface area contributed by atoms with Gasteiger partial charge in [-0.15, -0.1) is 0 Å². The van der Waals surface area contributed by atoms with Gasteiger partial charge in [0, 0.05) is 34.1 Å². The summed E-state index contributed by atoms with van der Waals surface area (Å²) in [5.74, 6) is 7.18. The summed E-state index contributed by atoms with van der Waals surface area (Å²) in [4.78, 5) is 3.15. The van der Waals surface area contributed by atoms with E-state index >= 15 is 0 Å². The van der Waals surface area contributed by atoms with E-state index in [0.717, 1.165) is 41.7 Å². The van der Waals surface area contributed by atoms with Gasteiger partial charge in [-0.3, -0.25) is 0 Å². The topological polar surface area (TPSA) is 79.5 Å². The van der Waals surface area contributed by atoms with E-state index in [1.54, 1.807) is 31.4 Å². The van der Waals surface area contributed by atoms with Crippen LogP contribution in [0.4, 0.5) is 30.4 Å². The third-order valence-electron chi connectivity index (χ3n) is 7.54. The Balaban J connectivity index is 1.31. The van der Waals surface area contributed by atoms with Crippen LogP contribution in [0.2, 0.25) is 0 Å². The molecule has 0 aliphatic heterocycles. The summed E-state index contributed by atoms with van der Waals surface area (Å²) in [5, 5.41) is 11.4. The fourth-order valence-corrected chi connectivity index (χ4v) is 5.98. The molecule has 8 nitrogen and oxygen atoms in total. The van der Waals surface area contributed by atoms with Crippen molar-refractivity contribution in [2.24, 2.45) is 0 Å². The molecule has 0 unspecified atom stereocenters. The molecule has 2 heterocycles. The summed E-state index contributed by atoms with van der Waals surface area (Å²) < 4.78 is 55.6. The summed E-state index contributed by atoms with van der Waals surface area (Å²) >= 11 is 1.35. The van der Waals surface area contributed by atoms with E-state index in [4.69, 9.17) is 9.26 Å². The molecule has 1 aliphatic carbocycles. The van der Waals surface area contributed by atoms with Crippen LogP contribution in [0.5, 0.6) is 5.75 Å². The van der Waals surface area contributed by atoms with Gasteiger partial charge in [0.2, 0.25) is 0 Å². The van der Waals surface area contributed by atoms with Gasteiger partial charge >= 0.3 is 6.18 Å². The van der Waals surface area contributed by atoms with E-state index in [0.29, 0.717) is 34.5 Å². The summed E-state index contributed by atoms with van der Waals surface area (Å²) in [6, 6.07) is 15.4. The highest BCUT2D eigenvalue weighted by Crippen LogP contribution is 2.33. The lowest BCUT2D eigenvalue weighted by Crippen LogP contribution is -2.36. The van der Waals surface area contributed by atoms with Gasteiger partial charge in [0.1, 0.15) is 18.6 Å². The van der Waals surface area contributed by atoms with Crippen molar-refractivity contribution in [2.45, 2.75) is 55.4 Å². The summed E-state index contributed by atoms with van der Waals surface area (Å²) in [6.07, 6.45) is 1.30. The number of anilines is 3. The second kappa shape index (κ2) is 13.6. The number of hydrogen-bond acceptors (Lipinski definition) is 8. The normalized spacial score (nSPS) is 17.0. The Morgan fingerprint density at radius 2 is 1.91 bits per heavy atom. The molecule has 2 aromatic heterocycles. The molecule has 0 spiro atoms. The zero-order valence-electron chi connectivity index (χ0n) is 24.3. The molecule has 43 heavy (non-hydrogen) atoms. The molecule has 12 heteroatoms. The van der Waals surface area contributed by atoms with E-state index in [2.05, 4.69) is 51.3 Å². The first-order valence-corrected chi connectivity index (χ1v) is 14.9. The van der Waals surface area contributed by atoms with Crippen LogP contribution in [-0.2, 0) is 6.54 Å². The Hall–Kier alpha value is -3.95. The monoisotopic (exact) mass is 612 g/mol. The lowest BCUT2D eigenvalue weighted by molar-refractivity contribution is -0.140. The third kappa shape index (κ3) is 7.91. The second-order valence-corrected chi connectivity index (χ2v) is 11.6.